The standard InChI is InChI=1S/C8H12NO5PS/c1-16(2,15(12,13)14)8-5-3-7(4-6-8)9(10)11/h3-6H,1-2H3,(H2,12,13,14). The van der Waals surface area contributed by atoms with Crippen molar-refractivity contribution in [2.75, 3.05) is 12.5 Å². The Labute approximate surface area is 93.7 Å². The van der Waals surface area contributed by atoms with Crippen molar-refractivity contribution in [3.63, 3.8) is 0 Å². The molecule has 6 nitrogen and oxygen atoms in total. The summed E-state index contributed by atoms with van der Waals surface area (Å²) in [6, 6.07) is 5.29. The number of rotatable bonds is 3. The number of benzene rings is 1. The van der Waals surface area contributed by atoms with Gasteiger partial charge in [-0.2, -0.15) is 0 Å². The fraction of sp³-hybridized carbons (Fsp3) is 0.250. The molecule has 0 atom stereocenters. The summed E-state index contributed by atoms with van der Waals surface area (Å²) >= 11 is 0. The molecule has 2 N–H and O–H groups in total. The molecule has 0 bridgehead atoms. The van der Waals surface area contributed by atoms with E-state index >= 15 is 0 Å². The molecule has 0 fully saturated rings. The third-order valence-corrected chi connectivity index (χ3v) is 9.03. The first kappa shape index (κ1) is 13.2. The number of hydrogen-bond acceptors (Lipinski definition) is 3. The summed E-state index contributed by atoms with van der Waals surface area (Å²) in [5.74, 6) is 0. The lowest BCUT2D eigenvalue weighted by atomic mass is 10.3. The van der Waals surface area contributed by atoms with Gasteiger partial charge in [0.2, 0.25) is 0 Å². The molecule has 0 unspecified atom stereocenters. The third-order valence-electron chi connectivity index (χ3n) is 2.22. The normalized spacial score (nSPS) is 13.5. The first-order valence-electron chi connectivity index (χ1n) is 4.20. The molecule has 0 saturated heterocycles. The molecular formula is C8H12NO5PS. The largest absolute Gasteiger partial charge is 0.370 e. The van der Waals surface area contributed by atoms with Gasteiger partial charge in [-0.25, -0.2) is 4.57 Å². The van der Waals surface area contributed by atoms with Gasteiger partial charge in [0.25, 0.3) is 5.69 Å². The molecule has 0 aliphatic rings. The van der Waals surface area contributed by atoms with Crippen molar-refractivity contribution < 1.29 is 19.3 Å². The van der Waals surface area contributed by atoms with Crippen LogP contribution in [0.2, 0.25) is 0 Å². The van der Waals surface area contributed by atoms with Crippen LogP contribution in [0.1, 0.15) is 0 Å². The molecule has 0 aliphatic carbocycles. The zero-order valence-electron chi connectivity index (χ0n) is 8.73. The van der Waals surface area contributed by atoms with Crippen molar-refractivity contribution >= 4 is 22.1 Å². The maximum Gasteiger partial charge on any atom is 0.370 e. The van der Waals surface area contributed by atoms with E-state index in [2.05, 4.69) is 0 Å². The van der Waals surface area contributed by atoms with Gasteiger partial charge >= 0.3 is 6.80 Å². The number of hydrogen-bond donors (Lipinski definition) is 2. The third kappa shape index (κ3) is 2.44. The van der Waals surface area contributed by atoms with E-state index < -0.39 is 21.4 Å². The van der Waals surface area contributed by atoms with Crippen LogP contribution >= 0.6 is 16.4 Å². The molecule has 0 amide bonds. The van der Waals surface area contributed by atoms with Gasteiger partial charge in [0.1, 0.15) is 0 Å². The Morgan fingerprint density at radius 1 is 1.25 bits per heavy atom. The van der Waals surface area contributed by atoms with Crippen LogP contribution in [0.25, 0.3) is 0 Å². The van der Waals surface area contributed by atoms with E-state index in [4.69, 9.17) is 0 Å². The fourth-order valence-electron chi connectivity index (χ4n) is 1.04. The van der Waals surface area contributed by atoms with E-state index in [1.807, 2.05) is 0 Å². The van der Waals surface area contributed by atoms with Gasteiger partial charge < -0.3 is 9.79 Å². The molecule has 1 rings (SSSR count). The monoisotopic (exact) mass is 265 g/mol. The van der Waals surface area contributed by atoms with Crippen LogP contribution in [-0.2, 0) is 4.57 Å². The smallest absolute Gasteiger partial charge is 0.317 e. The first-order valence-corrected chi connectivity index (χ1v) is 8.86. The first-order chi connectivity index (χ1) is 7.16. The van der Waals surface area contributed by atoms with Crippen LogP contribution in [0.3, 0.4) is 0 Å². The van der Waals surface area contributed by atoms with Crippen LogP contribution in [0.15, 0.2) is 29.2 Å². The van der Waals surface area contributed by atoms with E-state index in [0.29, 0.717) is 4.90 Å². The minimum atomic E-state index is -4.22. The van der Waals surface area contributed by atoms with Crippen molar-refractivity contribution in [3.05, 3.63) is 34.4 Å². The molecule has 16 heavy (non-hydrogen) atoms. The summed E-state index contributed by atoms with van der Waals surface area (Å²) in [5, 5.41) is 10.4. The van der Waals surface area contributed by atoms with Crippen LogP contribution in [0.5, 0.6) is 0 Å². The highest BCUT2D eigenvalue weighted by Crippen LogP contribution is 2.77. The minimum absolute atomic E-state index is 0.0929. The highest BCUT2D eigenvalue weighted by molar-refractivity contribution is 8.76. The van der Waals surface area contributed by atoms with Gasteiger partial charge in [0.15, 0.2) is 0 Å². The lowest BCUT2D eigenvalue weighted by Crippen LogP contribution is -1.97. The van der Waals surface area contributed by atoms with Crippen molar-refractivity contribution in [1.29, 1.82) is 0 Å². The Balaban J connectivity index is 3.17. The second kappa shape index (κ2) is 4.18. The second-order valence-corrected chi connectivity index (χ2v) is 11.7. The van der Waals surface area contributed by atoms with E-state index in [9.17, 15) is 24.5 Å². The fourth-order valence-corrected chi connectivity index (χ4v) is 3.30. The quantitative estimate of drug-likeness (QED) is 0.495. The van der Waals surface area contributed by atoms with Gasteiger partial charge in [-0.1, -0.05) is 0 Å². The maximum absolute atomic E-state index is 11.3. The Bertz CT molecular complexity index is 452. The molecule has 90 valence electrons. The van der Waals surface area contributed by atoms with E-state index in [0.717, 1.165) is 0 Å². The van der Waals surface area contributed by atoms with Crippen molar-refractivity contribution in [1.82, 2.24) is 0 Å². The summed E-state index contributed by atoms with van der Waals surface area (Å²) in [5.41, 5.74) is -0.0929. The summed E-state index contributed by atoms with van der Waals surface area (Å²) in [6.45, 7) is -4.22. The van der Waals surface area contributed by atoms with Crippen molar-refractivity contribution in [2.24, 2.45) is 0 Å². The van der Waals surface area contributed by atoms with Crippen molar-refractivity contribution in [2.45, 2.75) is 4.90 Å². The van der Waals surface area contributed by atoms with Crippen molar-refractivity contribution in [3.8, 4) is 0 Å². The number of nitrogens with zero attached hydrogens (tertiary/aromatic N) is 1. The minimum Gasteiger partial charge on any atom is -0.317 e. The molecule has 1 aromatic carbocycles. The molecule has 0 saturated carbocycles. The topological polar surface area (TPSA) is 101 Å². The molecule has 8 heteroatoms. The summed E-state index contributed by atoms with van der Waals surface area (Å²) in [4.78, 5) is 28.7. The Hall–Kier alpha value is -0.880. The molecule has 0 aromatic heterocycles. The van der Waals surface area contributed by atoms with E-state index in [1.165, 1.54) is 36.8 Å². The highest BCUT2D eigenvalue weighted by Gasteiger charge is 2.34. The van der Waals surface area contributed by atoms with Crippen LogP contribution in [-0.4, -0.2) is 27.2 Å². The molecular weight excluding hydrogens is 253 g/mol. The molecule has 0 aliphatic heterocycles. The molecule has 1 aromatic rings. The lowest BCUT2D eigenvalue weighted by molar-refractivity contribution is -0.384. The van der Waals surface area contributed by atoms with E-state index in [-0.39, 0.29) is 5.69 Å². The Morgan fingerprint density at radius 3 is 2.00 bits per heavy atom. The van der Waals surface area contributed by atoms with Crippen LogP contribution < -0.4 is 0 Å². The van der Waals surface area contributed by atoms with Crippen LogP contribution in [0, 0.1) is 10.1 Å². The van der Waals surface area contributed by atoms with Gasteiger partial charge in [0.05, 0.1) is 4.92 Å². The molecule has 0 spiro atoms. The summed E-state index contributed by atoms with van der Waals surface area (Å²) in [6.07, 6.45) is 2.96. The van der Waals surface area contributed by atoms with Gasteiger partial charge in [-0.15, -0.1) is 9.65 Å². The number of non-ortho nitro benzene ring substituents is 1. The molecule has 0 radical (unpaired) electrons. The lowest BCUT2D eigenvalue weighted by Gasteiger charge is -2.31. The number of nitro groups is 1. The predicted molar refractivity (Wildman–Crippen MR) is 62.8 cm³/mol. The SMILES string of the molecule is CS(C)(c1ccc([N+](=O)[O-])cc1)P(=O)(O)O. The Kier molecular flexibility index (Phi) is 3.44. The van der Waals surface area contributed by atoms with E-state index in [1.54, 1.807) is 0 Å². The maximum atomic E-state index is 11.3. The average Bonchev–Trinajstić information content (AvgIpc) is 2.16. The zero-order chi connectivity index (χ0) is 12.6. The summed E-state index contributed by atoms with van der Waals surface area (Å²) < 4.78 is 11.3. The highest BCUT2D eigenvalue weighted by atomic mass is 32.8. The van der Waals surface area contributed by atoms with Gasteiger partial charge in [-0.3, -0.25) is 10.1 Å². The van der Waals surface area contributed by atoms with Crippen LogP contribution in [0.4, 0.5) is 5.69 Å². The number of nitro benzene ring substituents is 1. The second-order valence-electron chi connectivity index (χ2n) is 3.51. The van der Waals surface area contributed by atoms with Gasteiger partial charge in [0, 0.05) is 17.0 Å². The van der Waals surface area contributed by atoms with Gasteiger partial charge in [-0.05, 0) is 24.6 Å². The Morgan fingerprint density at radius 2 is 1.69 bits per heavy atom. The average molecular weight is 265 g/mol. The molecule has 0 heterocycles. The predicted octanol–water partition coefficient (Wildman–Crippen LogP) is 2.11. The summed E-state index contributed by atoms with van der Waals surface area (Å²) in [7, 11) is -2.27. The zero-order valence-corrected chi connectivity index (χ0v) is 10.4.